The first-order valence-electron chi connectivity index (χ1n) is 9.02. The molecule has 1 aliphatic rings. The van der Waals surface area contributed by atoms with Crippen LogP contribution in [0.4, 0.5) is 17.2 Å². The summed E-state index contributed by atoms with van der Waals surface area (Å²) < 4.78 is 6.62. The van der Waals surface area contributed by atoms with E-state index in [4.69, 9.17) is 27.9 Å². The van der Waals surface area contributed by atoms with Crippen LogP contribution in [0.1, 0.15) is 10.4 Å². The Hall–Kier alpha value is -2.32. The molecule has 0 saturated carbocycles. The van der Waals surface area contributed by atoms with Crippen molar-refractivity contribution in [3.63, 3.8) is 0 Å². The lowest BCUT2D eigenvalue weighted by molar-refractivity contribution is 0.102. The van der Waals surface area contributed by atoms with Gasteiger partial charge in [-0.2, -0.15) is 0 Å². The first kappa shape index (κ1) is 20.9. The molecule has 0 fully saturated rings. The van der Waals surface area contributed by atoms with Crippen molar-refractivity contribution in [3.05, 3.63) is 74.8 Å². The molecule has 2 aromatic carbocycles. The number of halogens is 3. The molecule has 1 aromatic heterocycles. The zero-order chi connectivity index (χ0) is 21.3. The van der Waals surface area contributed by atoms with Crippen LogP contribution in [0.25, 0.3) is 0 Å². The summed E-state index contributed by atoms with van der Waals surface area (Å²) in [6.07, 6.45) is 1.62. The number of benzene rings is 2. The van der Waals surface area contributed by atoms with Crippen molar-refractivity contribution in [2.45, 2.75) is 6.04 Å². The van der Waals surface area contributed by atoms with Crippen LogP contribution in [0.2, 0.25) is 10.0 Å². The Kier molecular flexibility index (Phi) is 6.15. The van der Waals surface area contributed by atoms with Gasteiger partial charge in [0.05, 0.1) is 33.9 Å². The molecule has 0 spiro atoms. The summed E-state index contributed by atoms with van der Waals surface area (Å²) >= 11 is 15.8. The van der Waals surface area contributed by atoms with E-state index in [0.29, 0.717) is 38.6 Å². The van der Waals surface area contributed by atoms with Gasteiger partial charge in [-0.25, -0.2) is 4.98 Å². The number of aromatic nitrogens is 1. The molecule has 0 aliphatic carbocycles. The summed E-state index contributed by atoms with van der Waals surface area (Å²) in [6.45, 7) is 0.00493. The largest absolute Gasteiger partial charge is 0.488 e. The van der Waals surface area contributed by atoms with Crippen LogP contribution in [-0.4, -0.2) is 35.3 Å². The van der Waals surface area contributed by atoms with Crippen molar-refractivity contribution in [1.82, 2.24) is 4.98 Å². The highest BCUT2D eigenvalue weighted by molar-refractivity contribution is 9.10. The molecule has 3 aromatic rings. The molecule has 9 heteroatoms. The van der Waals surface area contributed by atoms with Crippen LogP contribution < -0.4 is 15.0 Å². The van der Waals surface area contributed by atoms with Gasteiger partial charge in [-0.15, -0.1) is 0 Å². The van der Waals surface area contributed by atoms with E-state index in [1.54, 1.807) is 59.6 Å². The number of ether oxygens (including phenoxy) is 1. The Balaban J connectivity index is 1.73. The van der Waals surface area contributed by atoms with Gasteiger partial charge in [0.25, 0.3) is 5.91 Å². The SMILES string of the molecule is O=C(Nc1ccc(Br)c(Cl)c1)c1cccc2c1OC[C@H](CO)N2c1ncccc1Cl. The third kappa shape index (κ3) is 3.98. The smallest absolute Gasteiger partial charge is 0.259 e. The summed E-state index contributed by atoms with van der Waals surface area (Å²) in [6, 6.07) is 13.4. The van der Waals surface area contributed by atoms with Crippen LogP contribution in [0, 0.1) is 0 Å². The summed E-state index contributed by atoms with van der Waals surface area (Å²) in [5, 5.41) is 13.6. The summed E-state index contributed by atoms with van der Waals surface area (Å²) in [4.78, 5) is 19.2. The molecule has 1 atom stereocenters. The predicted octanol–water partition coefficient (Wildman–Crippen LogP) is 5.29. The third-order valence-electron chi connectivity index (χ3n) is 4.64. The van der Waals surface area contributed by atoms with E-state index >= 15 is 0 Å². The first-order chi connectivity index (χ1) is 14.5. The van der Waals surface area contributed by atoms with Gasteiger partial charge >= 0.3 is 0 Å². The molecule has 0 unspecified atom stereocenters. The molecule has 1 aliphatic heterocycles. The molecular weight excluding hydrogens is 493 g/mol. The van der Waals surface area contributed by atoms with Crippen molar-refractivity contribution in [1.29, 1.82) is 0 Å². The van der Waals surface area contributed by atoms with Gasteiger partial charge in [0, 0.05) is 16.4 Å². The highest BCUT2D eigenvalue weighted by Crippen LogP contribution is 2.42. The van der Waals surface area contributed by atoms with E-state index in [-0.39, 0.29) is 19.1 Å². The van der Waals surface area contributed by atoms with Gasteiger partial charge in [-0.1, -0.05) is 29.3 Å². The number of nitrogens with zero attached hydrogens (tertiary/aromatic N) is 2. The zero-order valence-electron chi connectivity index (χ0n) is 15.5. The fraction of sp³-hybridized carbons (Fsp3) is 0.143. The van der Waals surface area contributed by atoms with Crippen LogP contribution >= 0.6 is 39.1 Å². The maximum absolute atomic E-state index is 13.0. The molecule has 30 heavy (non-hydrogen) atoms. The highest BCUT2D eigenvalue weighted by atomic mass is 79.9. The highest BCUT2D eigenvalue weighted by Gasteiger charge is 2.33. The molecule has 1 amide bonds. The molecule has 2 N–H and O–H groups in total. The molecule has 154 valence electrons. The van der Waals surface area contributed by atoms with E-state index in [1.807, 2.05) is 0 Å². The average Bonchev–Trinajstić information content (AvgIpc) is 2.75. The second-order valence-electron chi connectivity index (χ2n) is 6.56. The van der Waals surface area contributed by atoms with Gasteiger partial charge < -0.3 is 20.1 Å². The summed E-state index contributed by atoms with van der Waals surface area (Å²) in [5.74, 6) is 0.532. The monoisotopic (exact) mass is 507 g/mol. The van der Waals surface area contributed by atoms with E-state index in [0.717, 1.165) is 4.47 Å². The van der Waals surface area contributed by atoms with Gasteiger partial charge in [0.15, 0.2) is 11.6 Å². The number of para-hydroxylation sites is 1. The number of hydrogen-bond acceptors (Lipinski definition) is 5. The van der Waals surface area contributed by atoms with Crippen LogP contribution in [0.3, 0.4) is 0 Å². The maximum atomic E-state index is 13.0. The molecular formula is C21H16BrCl2N3O3. The lowest BCUT2D eigenvalue weighted by Gasteiger charge is -2.37. The van der Waals surface area contributed by atoms with Gasteiger partial charge in [-0.05, 0) is 58.4 Å². The number of aliphatic hydroxyl groups is 1. The molecule has 0 bridgehead atoms. The Morgan fingerprint density at radius 1 is 1.23 bits per heavy atom. The van der Waals surface area contributed by atoms with Crippen molar-refractivity contribution in [2.24, 2.45) is 0 Å². The van der Waals surface area contributed by atoms with E-state index in [2.05, 4.69) is 26.2 Å². The van der Waals surface area contributed by atoms with E-state index in [9.17, 15) is 9.90 Å². The number of nitrogens with one attached hydrogen (secondary N) is 1. The van der Waals surface area contributed by atoms with Crippen LogP contribution in [-0.2, 0) is 0 Å². The zero-order valence-corrected chi connectivity index (χ0v) is 18.6. The number of fused-ring (bicyclic) bond motifs is 1. The molecule has 4 rings (SSSR count). The number of anilines is 3. The standard InChI is InChI=1S/C21H16BrCl2N3O3/c22-15-7-6-12(9-17(15)24)26-21(29)14-3-1-5-18-19(14)30-11-13(10-28)27(18)20-16(23)4-2-8-25-20/h1-9,13,28H,10-11H2,(H,26,29)/t13-/m0/s1. The number of carbonyl (C=O) groups is 1. The summed E-state index contributed by atoms with van der Waals surface area (Å²) in [5.41, 5.74) is 1.50. The minimum Gasteiger partial charge on any atom is -0.488 e. The number of hydrogen-bond donors (Lipinski definition) is 2. The van der Waals surface area contributed by atoms with Crippen molar-refractivity contribution in [2.75, 3.05) is 23.4 Å². The first-order valence-corrected chi connectivity index (χ1v) is 10.6. The minimum atomic E-state index is -0.395. The Bertz CT molecular complexity index is 1110. The average molecular weight is 509 g/mol. The molecule has 0 radical (unpaired) electrons. The number of amides is 1. The second kappa shape index (κ2) is 8.81. The third-order valence-corrected chi connectivity index (χ3v) is 6.17. The number of aliphatic hydroxyl groups excluding tert-OH is 1. The number of pyridine rings is 1. The molecule has 0 saturated heterocycles. The number of carbonyl (C=O) groups excluding carboxylic acids is 1. The maximum Gasteiger partial charge on any atom is 0.259 e. The fourth-order valence-corrected chi connectivity index (χ4v) is 3.88. The Morgan fingerprint density at radius 2 is 2.07 bits per heavy atom. The normalized spacial score (nSPS) is 15.3. The Labute approximate surface area is 191 Å². The lowest BCUT2D eigenvalue weighted by atomic mass is 10.1. The summed E-state index contributed by atoms with van der Waals surface area (Å²) in [7, 11) is 0. The topological polar surface area (TPSA) is 74.7 Å². The lowest BCUT2D eigenvalue weighted by Crippen LogP contribution is -2.43. The van der Waals surface area contributed by atoms with Crippen molar-refractivity contribution in [3.8, 4) is 5.75 Å². The number of rotatable bonds is 4. The molecule has 6 nitrogen and oxygen atoms in total. The quantitative estimate of drug-likeness (QED) is 0.500. The van der Waals surface area contributed by atoms with Crippen LogP contribution in [0.5, 0.6) is 5.75 Å². The Morgan fingerprint density at radius 3 is 2.80 bits per heavy atom. The van der Waals surface area contributed by atoms with Gasteiger partial charge in [-0.3, -0.25) is 4.79 Å². The van der Waals surface area contributed by atoms with Gasteiger partial charge in [0.2, 0.25) is 0 Å². The van der Waals surface area contributed by atoms with Crippen molar-refractivity contribution >= 4 is 62.2 Å². The van der Waals surface area contributed by atoms with Crippen LogP contribution in [0.15, 0.2) is 59.2 Å². The second-order valence-corrected chi connectivity index (χ2v) is 8.23. The van der Waals surface area contributed by atoms with E-state index in [1.165, 1.54) is 0 Å². The molecule has 2 heterocycles. The fourth-order valence-electron chi connectivity index (χ4n) is 3.24. The predicted molar refractivity (Wildman–Crippen MR) is 121 cm³/mol. The minimum absolute atomic E-state index is 0.167. The van der Waals surface area contributed by atoms with Gasteiger partial charge in [0.1, 0.15) is 6.61 Å². The van der Waals surface area contributed by atoms with E-state index < -0.39 is 6.04 Å². The van der Waals surface area contributed by atoms with Crippen molar-refractivity contribution < 1.29 is 14.6 Å².